The average molecular weight is 410 g/mol. The molecule has 0 amide bonds. The van der Waals surface area contributed by atoms with Gasteiger partial charge >= 0.3 is 28.5 Å². The molecule has 0 nitrogen and oxygen atoms in total. The van der Waals surface area contributed by atoms with Gasteiger partial charge in [0.15, 0.2) is 7.14 Å². The Morgan fingerprint density at radius 1 is 0.810 bits per heavy atom. The third-order valence-corrected chi connectivity index (χ3v) is 6.10. The molecule has 0 N–H and O–H groups in total. The number of hydrogen-bond acceptors (Lipinski definition) is 0. The molecule has 0 atom stereocenters. The van der Waals surface area contributed by atoms with Gasteiger partial charge in [0.05, 0.1) is 0 Å². The number of hydrogen-bond donors (Lipinski definition) is 0. The second-order valence-corrected chi connectivity index (χ2v) is 7.46. The Morgan fingerprint density at radius 2 is 1.24 bits per heavy atom. The van der Waals surface area contributed by atoms with Crippen molar-refractivity contribution in [3.63, 3.8) is 0 Å². The highest BCUT2D eigenvalue weighted by Crippen LogP contribution is 2.07. The molecule has 2 rings (SSSR count). The average Bonchev–Trinajstić information content (AvgIpc) is 2.33. The summed E-state index contributed by atoms with van der Waals surface area (Å²) in [6.45, 7) is 6.64. The van der Waals surface area contributed by atoms with E-state index in [9.17, 15) is 17.3 Å². The summed E-state index contributed by atoms with van der Waals surface area (Å²) in [6.07, 6.45) is 0. The Labute approximate surface area is 132 Å². The summed E-state index contributed by atoms with van der Waals surface area (Å²) in [6, 6.07) is 15.4. The van der Waals surface area contributed by atoms with Crippen molar-refractivity contribution in [1.29, 1.82) is 0 Å². The van der Waals surface area contributed by atoms with E-state index in [1.54, 1.807) is 3.57 Å². The normalized spacial score (nSPS) is 10.8. The van der Waals surface area contributed by atoms with Crippen LogP contribution in [0.1, 0.15) is 16.7 Å². The van der Waals surface area contributed by atoms with Gasteiger partial charge in [-0.05, 0) is 32.9 Å². The second-order valence-electron chi connectivity index (χ2n) is 4.60. The van der Waals surface area contributed by atoms with Crippen molar-refractivity contribution >= 4 is 7.25 Å². The van der Waals surface area contributed by atoms with E-state index in [4.69, 9.17) is 0 Å². The minimum atomic E-state index is -6.00. The summed E-state index contributed by atoms with van der Waals surface area (Å²) in [7, 11) is -6.00. The molecule has 0 aliphatic carbocycles. The largest absolute Gasteiger partial charge is 0.673 e. The van der Waals surface area contributed by atoms with Crippen molar-refractivity contribution < 1.29 is 38.5 Å². The molecule has 0 saturated carbocycles. The lowest BCUT2D eigenvalue weighted by Crippen LogP contribution is -3.62. The van der Waals surface area contributed by atoms with E-state index < -0.39 is 7.25 Å². The van der Waals surface area contributed by atoms with Crippen molar-refractivity contribution in [2.75, 3.05) is 0 Å². The highest BCUT2D eigenvalue weighted by atomic mass is 127. The number of halogens is 5. The second kappa shape index (κ2) is 7.82. The summed E-state index contributed by atoms with van der Waals surface area (Å²) in [4.78, 5) is 0. The number of aryl methyl sites for hydroxylation is 3. The van der Waals surface area contributed by atoms with Crippen LogP contribution in [0.2, 0.25) is 0 Å². The summed E-state index contributed by atoms with van der Waals surface area (Å²) < 4.78 is 42.1. The molecule has 0 fully saturated rings. The van der Waals surface area contributed by atoms with Crippen molar-refractivity contribution in [3.05, 3.63) is 66.3 Å². The van der Waals surface area contributed by atoms with Crippen LogP contribution in [0.4, 0.5) is 17.3 Å². The molecular formula is C15H16BF4I. The Hall–Kier alpha value is -1.05. The lowest BCUT2D eigenvalue weighted by Gasteiger charge is -2.00. The van der Waals surface area contributed by atoms with Gasteiger partial charge < -0.3 is 17.3 Å². The first-order valence-corrected chi connectivity index (χ1v) is 8.47. The van der Waals surface area contributed by atoms with Crippen molar-refractivity contribution in [3.8, 4) is 0 Å². The minimum Gasteiger partial charge on any atom is -0.418 e. The topological polar surface area (TPSA) is 0 Å². The smallest absolute Gasteiger partial charge is 0.418 e. The number of benzene rings is 2. The standard InChI is InChI=1S/C15H16I.BF4/c1-11-9-12(2)15(13(3)10-11)16-14-7-5-4-6-8-14;2-1(3,4)5/h4-10H,1-3H3;/q+1;-1. The van der Waals surface area contributed by atoms with E-state index >= 15 is 0 Å². The van der Waals surface area contributed by atoms with Crippen LogP contribution in [0.15, 0.2) is 42.5 Å². The predicted molar refractivity (Wildman–Crippen MR) is 74.7 cm³/mol. The fourth-order valence-electron chi connectivity index (χ4n) is 1.90. The SMILES string of the molecule is Cc1cc(C)c([I+]c2ccccc2)c(C)c1.F[B-](F)(F)F. The van der Waals surface area contributed by atoms with E-state index in [1.807, 2.05) is 0 Å². The quantitative estimate of drug-likeness (QED) is 0.404. The van der Waals surface area contributed by atoms with Crippen LogP contribution < -0.4 is 21.2 Å². The van der Waals surface area contributed by atoms with Crippen molar-refractivity contribution in [1.82, 2.24) is 0 Å². The lowest BCUT2D eigenvalue weighted by molar-refractivity contribution is -0.598. The zero-order valence-electron chi connectivity index (χ0n) is 12.0. The Kier molecular flexibility index (Phi) is 6.70. The monoisotopic (exact) mass is 410 g/mol. The molecule has 0 spiro atoms. The fraction of sp³-hybridized carbons (Fsp3) is 0.200. The Balaban J connectivity index is 0.000000383. The van der Waals surface area contributed by atoms with E-state index in [2.05, 4.69) is 63.2 Å². The van der Waals surface area contributed by atoms with E-state index in [-0.39, 0.29) is 21.2 Å². The van der Waals surface area contributed by atoms with Crippen molar-refractivity contribution in [2.24, 2.45) is 0 Å². The molecule has 0 radical (unpaired) electrons. The molecule has 6 heteroatoms. The van der Waals surface area contributed by atoms with Crippen LogP contribution in [-0.4, -0.2) is 7.25 Å². The summed E-state index contributed by atoms with van der Waals surface area (Å²) >= 11 is -0.0275. The zero-order chi connectivity index (χ0) is 16.0. The third kappa shape index (κ3) is 7.50. The highest BCUT2D eigenvalue weighted by Gasteiger charge is 2.21. The van der Waals surface area contributed by atoms with Gasteiger partial charge in [-0.15, -0.1) is 0 Å². The first-order chi connectivity index (χ1) is 9.66. The van der Waals surface area contributed by atoms with Crippen molar-refractivity contribution in [2.45, 2.75) is 20.8 Å². The maximum absolute atomic E-state index is 9.75. The van der Waals surface area contributed by atoms with Gasteiger partial charge in [-0.25, -0.2) is 0 Å². The van der Waals surface area contributed by atoms with Crippen LogP contribution in [0.25, 0.3) is 0 Å². The Morgan fingerprint density at radius 3 is 1.67 bits per heavy atom. The number of rotatable bonds is 2. The van der Waals surface area contributed by atoms with Gasteiger partial charge in [0.2, 0.25) is 0 Å². The molecule has 0 unspecified atom stereocenters. The maximum atomic E-state index is 9.75. The summed E-state index contributed by atoms with van der Waals surface area (Å²) in [5.41, 5.74) is 4.28. The molecule has 0 aliphatic heterocycles. The molecule has 21 heavy (non-hydrogen) atoms. The van der Waals surface area contributed by atoms with Gasteiger partial charge in [-0.3, -0.25) is 0 Å². The van der Waals surface area contributed by atoms with Crippen LogP contribution in [0.5, 0.6) is 0 Å². The first kappa shape index (κ1) is 18.0. The van der Waals surface area contributed by atoms with Crippen LogP contribution in [-0.2, 0) is 0 Å². The molecule has 0 heterocycles. The van der Waals surface area contributed by atoms with Gasteiger partial charge in [0.25, 0.3) is 0 Å². The minimum absolute atomic E-state index is 0.0275. The fourth-order valence-corrected chi connectivity index (χ4v) is 4.46. The summed E-state index contributed by atoms with van der Waals surface area (Å²) in [5.74, 6) is 0. The highest BCUT2D eigenvalue weighted by molar-refractivity contribution is 6.50. The van der Waals surface area contributed by atoms with Gasteiger partial charge in [0, 0.05) is 11.1 Å². The van der Waals surface area contributed by atoms with Gasteiger partial charge in [0.1, 0.15) is 0 Å². The first-order valence-electron chi connectivity index (χ1n) is 6.32. The molecule has 0 saturated heterocycles. The van der Waals surface area contributed by atoms with E-state index in [1.165, 1.54) is 20.3 Å². The van der Waals surface area contributed by atoms with E-state index in [0.29, 0.717) is 0 Å². The lowest BCUT2D eigenvalue weighted by atomic mass is 10.1. The van der Waals surface area contributed by atoms with E-state index in [0.717, 1.165) is 0 Å². The molecular weight excluding hydrogens is 394 g/mol. The molecule has 114 valence electrons. The molecule has 2 aromatic rings. The molecule has 0 aliphatic rings. The van der Waals surface area contributed by atoms with Crippen LogP contribution >= 0.6 is 0 Å². The van der Waals surface area contributed by atoms with Crippen LogP contribution in [0.3, 0.4) is 0 Å². The van der Waals surface area contributed by atoms with Gasteiger partial charge in [-0.2, -0.15) is 0 Å². The Bertz CT molecular complexity index is 553. The molecule has 2 aromatic carbocycles. The molecule has 0 aromatic heterocycles. The summed E-state index contributed by atoms with van der Waals surface area (Å²) in [5, 5.41) is 0. The van der Waals surface area contributed by atoms with Crippen LogP contribution in [0, 0.1) is 27.9 Å². The third-order valence-electron chi connectivity index (χ3n) is 2.52. The van der Waals surface area contributed by atoms with Gasteiger partial charge in [-0.1, -0.05) is 35.9 Å². The predicted octanol–water partition coefficient (Wildman–Crippen LogP) is 2.04. The zero-order valence-corrected chi connectivity index (χ0v) is 14.2. The maximum Gasteiger partial charge on any atom is 0.673 e. The molecule has 0 bridgehead atoms.